The van der Waals surface area contributed by atoms with E-state index >= 15 is 0 Å². The van der Waals surface area contributed by atoms with Crippen molar-refractivity contribution in [2.24, 2.45) is 0 Å². The molecule has 6 heteroatoms. The van der Waals surface area contributed by atoms with Crippen LogP contribution in [0.25, 0.3) is 11.1 Å². The SMILES string of the molecule is CC(O)(COc1ccc(-c2ccc([N+](=O)[O-])cc2)cc1)CN1CCCC1. The molecule has 1 unspecified atom stereocenters. The van der Waals surface area contributed by atoms with Crippen LogP contribution in [0.2, 0.25) is 0 Å². The van der Waals surface area contributed by atoms with E-state index in [1.807, 2.05) is 24.3 Å². The fourth-order valence-corrected chi connectivity index (χ4v) is 3.23. The molecule has 1 aliphatic rings. The fraction of sp³-hybridized carbons (Fsp3) is 0.400. The van der Waals surface area contributed by atoms with Crippen molar-refractivity contribution >= 4 is 5.69 Å². The second-order valence-electron chi connectivity index (χ2n) is 7.10. The van der Waals surface area contributed by atoms with Crippen molar-refractivity contribution in [1.82, 2.24) is 4.90 Å². The van der Waals surface area contributed by atoms with Gasteiger partial charge in [0.1, 0.15) is 18.0 Å². The molecule has 3 rings (SSSR count). The van der Waals surface area contributed by atoms with Crippen LogP contribution in [0.4, 0.5) is 5.69 Å². The fourth-order valence-electron chi connectivity index (χ4n) is 3.23. The lowest BCUT2D eigenvalue weighted by atomic mass is 10.1. The van der Waals surface area contributed by atoms with Gasteiger partial charge in [-0.3, -0.25) is 10.1 Å². The van der Waals surface area contributed by atoms with Gasteiger partial charge < -0.3 is 14.7 Å². The second-order valence-corrected chi connectivity index (χ2v) is 7.10. The smallest absolute Gasteiger partial charge is 0.269 e. The first kappa shape index (κ1) is 18.4. The molecule has 1 saturated heterocycles. The summed E-state index contributed by atoms with van der Waals surface area (Å²) in [6, 6.07) is 14.0. The van der Waals surface area contributed by atoms with Crippen LogP contribution in [0.3, 0.4) is 0 Å². The molecule has 1 N–H and O–H groups in total. The van der Waals surface area contributed by atoms with E-state index in [9.17, 15) is 15.2 Å². The summed E-state index contributed by atoms with van der Waals surface area (Å²) in [5, 5.41) is 21.2. The van der Waals surface area contributed by atoms with E-state index in [0.717, 1.165) is 24.2 Å². The molecule has 1 atom stereocenters. The third-order valence-corrected chi connectivity index (χ3v) is 4.58. The summed E-state index contributed by atoms with van der Waals surface area (Å²) in [7, 11) is 0. The maximum atomic E-state index is 10.7. The number of benzene rings is 2. The second kappa shape index (κ2) is 7.85. The molecule has 2 aromatic carbocycles. The molecule has 0 radical (unpaired) electrons. The zero-order valence-corrected chi connectivity index (χ0v) is 14.9. The highest BCUT2D eigenvalue weighted by Crippen LogP contribution is 2.25. The lowest BCUT2D eigenvalue weighted by molar-refractivity contribution is -0.384. The first-order valence-electron chi connectivity index (χ1n) is 8.85. The third-order valence-electron chi connectivity index (χ3n) is 4.58. The molecule has 0 aromatic heterocycles. The Kier molecular flexibility index (Phi) is 5.54. The minimum absolute atomic E-state index is 0.0777. The van der Waals surface area contributed by atoms with E-state index in [1.165, 1.54) is 25.0 Å². The largest absolute Gasteiger partial charge is 0.491 e. The summed E-state index contributed by atoms with van der Waals surface area (Å²) in [4.78, 5) is 12.6. The van der Waals surface area contributed by atoms with Crippen molar-refractivity contribution in [1.29, 1.82) is 0 Å². The van der Waals surface area contributed by atoms with Gasteiger partial charge in [0, 0.05) is 18.7 Å². The molecule has 138 valence electrons. The minimum Gasteiger partial charge on any atom is -0.491 e. The third kappa shape index (κ3) is 4.80. The molecule has 1 heterocycles. The maximum absolute atomic E-state index is 10.7. The van der Waals surface area contributed by atoms with E-state index in [4.69, 9.17) is 4.74 Å². The summed E-state index contributed by atoms with van der Waals surface area (Å²) >= 11 is 0. The number of nitro benzene ring substituents is 1. The predicted molar refractivity (Wildman–Crippen MR) is 100 cm³/mol. The molecule has 1 fully saturated rings. The molecule has 0 aliphatic carbocycles. The Balaban J connectivity index is 1.57. The Morgan fingerprint density at radius 2 is 1.62 bits per heavy atom. The Morgan fingerprint density at radius 3 is 2.15 bits per heavy atom. The van der Waals surface area contributed by atoms with Gasteiger partial charge in [0.15, 0.2) is 0 Å². The van der Waals surface area contributed by atoms with Crippen LogP contribution >= 0.6 is 0 Å². The van der Waals surface area contributed by atoms with Crippen LogP contribution in [-0.4, -0.2) is 46.8 Å². The van der Waals surface area contributed by atoms with Crippen molar-refractivity contribution < 1.29 is 14.8 Å². The molecular weight excluding hydrogens is 332 g/mol. The van der Waals surface area contributed by atoms with Crippen LogP contribution in [0.5, 0.6) is 5.75 Å². The average Bonchev–Trinajstić information content (AvgIpc) is 3.13. The van der Waals surface area contributed by atoms with Crippen LogP contribution < -0.4 is 4.74 Å². The summed E-state index contributed by atoms with van der Waals surface area (Å²) in [6.07, 6.45) is 2.39. The molecule has 1 aliphatic heterocycles. The molecule has 26 heavy (non-hydrogen) atoms. The molecule has 6 nitrogen and oxygen atoms in total. The van der Waals surface area contributed by atoms with Crippen molar-refractivity contribution in [2.75, 3.05) is 26.2 Å². The van der Waals surface area contributed by atoms with Crippen LogP contribution in [0.15, 0.2) is 48.5 Å². The Bertz CT molecular complexity index is 735. The molecule has 2 aromatic rings. The van der Waals surface area contributed by atoms with Crippen molar-refractivity contribution in [2.45, 2.75) is 25.4 Å². The van der Waals surface area contributed by atoms with Crippen molar-refractivity contribution in [3.8, 4) is 16.9 Å². The van der Waals surface area contributed by atoms with E-state index < -0.39 is 10.5 Å². The van der Waals surface area contributed by atoms with Gasteiger partial charge in [-0.2, -0.15) is 0 Å². The van der Waals surface area contributed by atoms with Gasteiger partial charge in [-0.05, 0) is 68.2 Å². The highest BCUT2D eigenvalue weighted by atomic mass is 16.6. The van der Waals surface area contributed by atoms with Gasteiger partial charge >= 0.3 is 0 Å². The van der Waals surface area contributed by atoms with Gasteiger partial charge in [0.25, 0.3) is 5.69 Å². The Hall–Kier alpha value is -2.44. The van der Waals surface area contributed by atoms with E-state index in [1.54, 1.807) is 19.1 Å². The molecule has 0 spiro atoms. The molecule has 0 bridgehead atoms. The average molecular weight is 356 g/mol. The molecular formula is C20H24N2O4. The van der Waals surface area contributed by atoms with Gasteiger partial charge in [-0.1, -0.05) is 12.1 Å². The first-order valence-corrected chi connectivity index (χ1v) is 8.85. The van der Waals surface area contributed by atoms with Gasteiger partial charge in [-0.25, -0.2) is 0 Å². The van der Waals surface area contributed by atoms with Gasteiger partial charge in [0.05, 0.1) is 4.92 Å². The zero-order chi connectivity index (χ0) is 18.6. The number of ether oxygens (including phenoxy) is 1. The number of nitrogens with zero attached hydrogens (tertiary/aromatic N) is 2. The quantitative estimate of drug-likeness (QED) is 0.607. The monoisotopic (exact) mass is 356 g/mol. The highest BCUT2D eigenvalue weighted by molar-refractivity contribution is 5.65. The number of nitro groups is 1. The Labute approximate surface area is 153 Å². The number of likely N-dealkylation sites (tertiary alicyclic amines) is 1. The molecule has 0 saturated carbocycles. The van der Waals surface area contributed by atoms with Crippen molar-refractivity contribution in [3.63, 3.8) is 0 Å². The van der Waals surface area contributed by atoms with Gasteiger partial charge in [-0.15, -0.1) is 0 Å². The Morgan fingerprint density at radius 1 is 1.08 bits per heavy atom. The number of hydrogen-bond acceptors (Lipinski definition) is 5. The summed E-state index contributed by atoms with van der Waals surface area (Å²) < 4.78 is 5.76. The van der Waals surface area contributed by atoms with Crippen molar-refractivity contribution in [3.05, 3.63) is 58.6 Å². The van der Waals surface area contributed by atoms with Crippen LogP contribution in [0.1, 0.15) is 19.8 Å². The van der Waals surface area contributed by atoms with E-state index in [-0.39, 0.29) is 12.3 Å². The lowest BCUT2D eigenvalue weighted by Crippen LogP contribution is -2.44. The van der Waals surface area contributed by atoms with E-state index in [0.29, 0.717) is 12.3 Å². The minimum atomic E-state index is -0.888. The summed E-state index contributed by atoms with van der Waals surface area (Å²) in [6.45, 7) is 4.74. The lowest BCUT2D eigenvalue weighted by Gasteiger charge is -2.28. The summed E-state index contributed by atoms with van der Waals surface area (Å²) in [5.41, 5.74) is 1.05. The highest BCUT2D eigenvalue weighted by Gasteiger charge is 2.26. The normalized spacial score (nSPS) is 17.0. The number of non-ortho nitro benzene ring substituents is 1. The number of rotatable bonds is 7. The number of β-amino-alcohol motifs (C(OH)–C–C–N with tert-alkyl or cyclic N) is 1. The zero-order valence-electron chi connectivity index (χ0n) is 14.9. The topological polar surface area (TPSA) is 75.8 Å². The standard InChI is InChI=1S/C20H24N2O4/c1-20(23,14-21-12-2-3-13-21)15-26-19-10-6-17(7-11-19)16-4-8-18(9-5-16)22(24)25/h4-11,23H,2-3,12-15H2,1H3. The number of hydrogen-bond donors (Lipinski definition) is 1. The number of aliphatic hydroxyl groups is 1. The summed E-state index contributed by atoms with van der Waals surface area (Å²) in [5.74, 6) is 0.692. The maximum Gasteiger partial charge on any atom is 0.269 e. The van der Waals surface area contributed by atoms with E-state index in [2.05, 4.69) is 4.90 Å². The van der Waals surface area contributed by atoms with Crippen LogP contribution in [0, 0.1) is 10.1 Å². The van der Waals surface area contributed by atoms with Gasteiger partial charge in [0.2, 0.25) is 0 Å². The predicted octanol–water partition coefficient (Wildman–Crippen LogP) is 3.49. The van der Waals surface area contributed by atoms with Crippen LogP contribution in [-0.2, 0) is 0 Å². The molecule has 0 amide bonds. The first-order chi connectivity index (χ1) is 12.4.